The standard InChI is InChI=1S/C16H15N3O2S2/c1-10-15(14-4-3-7-22-14)18-16(23-10)19-17-9-11-5-6-13(21-2)12(20)8-11/h3-9,20H,1-2H3,(H,18,19)/b17-9-. The van der Waals surface area contributed by atoms with Crippen molar-refractivity contribution in [1.29, 1.82) is 0 Å². The molecule has 0 bridgehead atoms. The molecule has 2 N–H and O–H groups in total. The molecule has 2 aromatic heterocycles. The molecule has 0 atom stereocenters. The summed E-state index contributed by atoms with van der Waals surface area (Å²) < 4.78 is 5.01. The summed E-state index contributed by atoms with van der Waals surface area (Å²) in [6, 6.07) is 9.17. The smallest absolute Gasteiger partial charge is 0.204 e. The average molecular weight is 345 g/mol. The quantitative estimate of drug-likeness (QED) is 0.533. The van der Waals surface area contributed by atoms with Crippen LogP contribution >= 0.6 is 22.7 Å². The number of hydrogen-bond donors (Lipinski definition) is 2. The Morgan fingerprint density at radius 2 is 2.22 bits per heavy atom. The molecule has 0 aliphatic rings. The number of phenolic OH excluding ortho intramolecular Hbond substituents is 1. The molecule has 2 heterocycles. The van der Waals surface area contributed by atoms with Crippen molar-refractivity contribution < 1.29 is 9.84 Å². The van der Waals surface area contributed by atoms with E-state index in [1.807, 2.05) is 24.4 Å². The van der Waals surface area contributed by atoms with Gasteiger partial charge in [0.25, 0.3) is 0 Å². The van der Waals surface area contributed by atoms with Crippen molar-refractivity contribution in [3.05, 3.63) is 46.2 Å². The lowest BCUT2D eigenvalue weighted by molar-refractivity contribution is 0.373. The summed E-state index contributed by atoms with van der Waals surface area (Å²) in [5.41, 5.74) is 4.69. The first-order valence-corrected chi connectivity index (χ1v) is 8.54. The zero-order chi connectivity index (χ0) is 16.2. The number of benzene rings is 1. The molecular formula is C16H15N3O2S2. The van der Waals surface area contributed by atoms with E-state index in [0.717, 1.165) is 26.1 Å². The molecule has 0 unspecified atom stereocenters. The van der Waals surface area contributed by atoms with E-state index in [0.29, 0.717) is 5.75 Å². The maximum absolute atomic E-state index is 9.74. The number of aromatic hydroxyl groups is 1. The number of thiophene rings is 1. The van der Waals surface area contributed by atoms with Crippen molar-refractivity contribution in [2.24, 2.45) is 5.10 Å². The van der Waals surface area contributed by atoms with Crippen molar-refractivity contribution in [2.45, 2.75) is 6.92 Å². The van der Waals surface area contributed by atoms with E-state index >= 15 is 0 Å². The molecule has 5 nitrogen and oxygen atoms in total. The Labute approximate surface area is 141 Å². The van der Waals surface area contributed by atoms with Gasteiger partial charge in [-0.1, -0.05) is 6.07 Å². The van der Waals surface area contributed by atoms with E-state index in [1.165, 1.54) is 7.11 Å². The van der Waals surface area contributed by atoms with Crippen LogP contribution in [0, 0.1) is 6.92 Å². The van der Waals surface area contributed by atoms with Crippen molar-refractivity contribution in [1.82, 2.24) is 4.98 Å². The minimum atomic E-state index is 0.0847. The van der Waals surface area contributed by atoms with Crippen LogP contribution in [0.4, 0.5) is 5.13 Å². The highest BCUT2D eigenvalue weighted by molar-refractivity contribution is 7.17. The number of aryl methyl sites for hydroxylation is 1. The number of hydrogen-bond acceptors (Lipinski definition) is 7. The number of nitrogens with zero attached hydrogens (tertiary/aromatic N) is 2. The highest BCUT2D eigenvalue weighted by Crippen LogP contribution is 2.33. The molecular weight excluding hydrogens is 330 g/mol. The molecule has 0 radical (unpaired) electrons. The minimum Gasteiger partial charge on any atom is -0.504 e. The summed E-state index contributed by atoms with van der Waals surface area (Å²) >= 11 is 3.23. The van der Waals surface area contributed by atoms with Gasteiger partial charge in [-0.3, -0.25) is 5.43 Å². The number of hydrazone groups is 1. The van der Waals surface area contributed by atoms with Crippen LogP contribution in [0.3, 0.4) is 0 Å². The van der Waals surface area contributed by atoms with Crippen molar-refractivity contribution in [3.8, 4) is 22.1 Å². The SMILES string of the molecule is COc1ccc(/C=N\Nc2nc(-c3cccs3)c(C)s2)cc1O. The van der Waals surface area contributed by atoms with Crippen LogP contribution in [-0.2, 0) is 0 Å². The molecule has 0 saturated carbocycles. The van der Waals surface area contributed by atoms with Crippen LogP contribution in [0.15, 0.2) is 40.8 Å². The average Bonchev–Trinajstić information content (AvgIpc) is 3.17. The van der Waals surface area contributed by atoms with Gasteiger partial charge in [0.1, 0.15) is 0 Å². The van der Waals surface area contributed by atoms with Crippen molar-refractivity contribution in [3.63, 3.8) is 0 Å². The van der Waals surface area contributed by atoms with Crippen LogP contribution in [0.25, 0.3) is 10.6 Å². The summed E-state index contributed by atoms with van der Waals surface area (Å²) in [7, 11) is 1.51. The first-order valence-electron chi connectivity index (χ1n) is 6.85. The number of nitrogens with one attached hydrogen (secondary N) is 1. The molecule has 0 aliphatic carbocycles. The predicted octanol–water partition coefficient (Wildman–Crippen LogP) is 4.34. The molecule has 0 aliphatic heterocycles. The van der Waals surface area contributed by atoms with Crippen LogP contribution in [0.2, 0.25) is 0 Å². The molecule has 0 saturated heterocycles. The third-order valence-electron chi connectivity index (χ3n) is 3.13. The van der Waals surface area contributed by atoms with Gasteiger partial charge in [-0.25, -0.2) is 4.98 Å². The summed E-state index contributed by atoms with van der Waals surface area (Å²) in [6.45, 7) is 2.04. The Hall–Kier alpha value is -2.38. The Kier molecular flexibility index (Phi) is 4.59. The lowest BCUT2D eigenvalue weighted by Crippen LogP contribution is -1.91. The number of aromatic nitrogens is 1. The highest BCUT2D eigenvalue weighted by Gasteiger charge is 2.10. The van der Waals surface area contributed by atoms with Gasteiger partial charge in [-0.2, -0.15) is 5.10 Å². The van der Waals surface area contributed by atoms with Crippen molar-refractivity contribution in [2.75, 3.05) is 12.5 Å². The fourth-order valence-electron chi connectivity index (χ4n) is 2.04. The molecule has 3 aromatic rings. The Bertz CT molecular complexity index is 826. The number of ether oxygens (including phenoxy) is 1. The van der Waals surface area contributed by atoms with Gasteiger partial charge in [0.2, 0.25) is 5.13 Å². The molecule has 23 heavy (non-hydrogen) atoms. The van der Waals surface area contributed by atoms with Gasteiger partial charge in [-0.05, 0) is 42.1 Å². The second-order valence-electron chi connectivity index (χ2n) is 4.70. The van der Waals surface area contributed by atoms with Crippen LogP contribution in [-0.4, -0.2) is 23.4 Å². The Morgan fingerprint density at radius 3 is 2.91 bits per heavy atom. The van der Waals surface area contributed by atoms with E-state index in [4.69, 9.17) is 4.74 Å². The van der Waals surface area contributed by atoms with E-state index < -0.39 is 0 Å². The molecule has 0 spiro atoms. The zero-order valence-electron chi connectivity index (χ0n) is 12.6. The Balaban J connectivity index is 1.71. The van der Waals surface area contributed by atoms with Gasteiger partial charge >= 0.3 is 0 Å². The third-order valence-corrected chi connectivity index (χ3v) is 4.88. The second-order valence-corrected chi connectivity index (χ2v) is 6.85. The summed E-state index contributed by atoms with van der Waals surface area (Å²) in [5, 5.41) is 16.7. The van der Waals surface area contributed by atoms with Crippen LogP contribution in [0.1, 0.15) is 10.4 Å². The first kappa shape index (κ1) is 15.5. The molecule has 118 valence electrons. The zero-order valence-corrected chi connectivity index (χ0v) is 14.2. The number of thiazole rings is 1. The molecule has 0 amide bonds. The van der Waals surface area contributed by atoms with Crippen LogP contribution < -0.4 is 10.2 Å². The lowest BCUT2D eigenvalue weighted by atomic mass is 10.2. The maximum atomic E-state index is 9.74. The topological polar surface area (TPSA) is 66.7 Å². The Morgan fingerprint density at radius 1 is 1.35 bits per heavy atom. The fraction of sp³-hybridized carbons (Fsp3) is 0.125. The highest BCUT2D eigenvalue weighted by atomic mass is 32.1. The maximum Gasteiger partial charge on any atom is 0.204 e. The summed E-state index contributed by atoms with van der Waals surface area (Å²) in [6.07, 6.45) is 1.63. The summed E-state index contributed by atoms with van der Waals surface area (Å²) in [4.78, 5) is 6.86. The molecule has 7 heteroatoms. The lowest BCUT2D eigenvalue weighted by Gasteiger charge is -2.02. The van der Waals surface area contributed by atoms with Gasteiger partial charge in [0.15, 0.2) is 11.5 Å². The van der Waals surface area contributed by atoms with E-state index in [1.54, 1.807) is 41.0 Å². The number of anilines is 1. The predicted molar refractivity (Wildman–Crippen MR) is 96.0 cm³/mol. The van der Waals surface area contributed by atoms with E-state index in [2.05, 4.69) is 21.6 Å². The monoisotopic (exact) mass is 345 g/mol. The third kappa shape index (κ3) is 3.52. The summed E-state index contributed by atoms with van der Waals surface area (Å²) in [5.74, 6) is 0.521. The van der Waals surface area contributed by atoms with Gasteiger partial charge in [-0.15, -0.1) is 22.7 Å². The van der Waals surface area contributed by atoms with Gasteiger partial charge in [0.05, 0.1) is 23.9 Å². The number of methoxy groups -OCH3 is 1. The van der Waals surface area contributed by atoms with Crippen LogP contribution in [0.5, 0.6) is 11.5 Å². The molecule has 3 rings (SSSR count). The first-order chi connectivity index (χ1) is 11.2. The second kappa shape index (κ2) is 6.80. The molecule has 0 fully saturated rings. The van der Waals surface area contributed by atoms with Crippen molar-refractivity contribution >= 4 is 34.0 Å². The van der Waals surface area contributed by atoms with Gasteiger partial charge in [0, 0.05) is 4.88 Å². The van der Waals surface area contributed by atoms with Gasteiger partial charge < -0.3 is 9.84 Å². The minimum absolute atomic E-state index is 0.0847. The van der Waals surface area contributed by atoms with E-state index in [-0.39, 0.29) is 5.75 Å². The number of rotatable bonds is 5. The van der Waals surface area contributed by atoms with E-state index in [9.17, 15) is 5.11 Å². The fourth-order valence-corrected chi connectivity index (χ4v) is 3.65. The normalized spacial score (nSPS) is 11.0. The molecule has 1 aromatic carbocycles. The number of phenols is 1. The largest absolute Gasteiger partial charge is 0.504 e.